The summed E-state index contributed by atoms with van der Waals surface area (Å²) in [5.74, 6) is 0.377. The number of nitrogen functional groups attached to an aromatic ring is 1. The fraction of sp³-hybridized carbons (Fsp3) is 0.667. The average molecular weight is 249 g/mol. The molecule has 3 rings (SSSR count). The molecule has 0 saturated carbocycles. The molecule has 0 radical (unpaired) electrons. The topological polar surface area (TPSA) is 78.2 Å². The second-order valence-electron chi connectivity index (χ2n) is 5.13. The lowest BCUT2D eigenvalue weighted by atomic mass is 10.2. The first-order valence-electron chi connectivity index (χ1n) is 6.58. The summed E-state index contributed by atoms with van der Waals surface area (Å²) in [7, 11) is 0. The maximum absolute atomic E-state index is 12.4. The molecule has 2 aliphatic heterocycles. The number of nitrogens with one attached hydrogen (secondary N) is 1. The molecule has 0 bridgehead atoms. The zero-order valence-corrected chi connectivity index (χ0v) is 10.4. The van der Waals surface area contributed by atoms with Crippen LogP contribution in [-0.2, 0) is 0 Å². The van der Waals surface area contributed by atoms with Crippen molar-refractivity contribution in [3.05, 3.63) is 11.8 Å². The normalized spacial score (nSPS) is 24.9. The Morgan fingerprint density at radius 3 is 3.00 bits per heavy atom. The summed E-state index contributed by atoms with van der Waals surface area (Å²) in [4.78, 5) is 16.8. The molecule has 0 aliphatic carbocycles. The van der Waals surface area contributed by atoms with Crippen LogP contribution in [0.5, 0.6) is 0 Å². The van der Waals surface area contributed by atoms with Gasteiger partial charge in [-0.1, -0.05) is 0 Å². The Kier molecular flexibility index (Phi) is 2.95. The second kappa shape index (κ2) is 4.61. The molecule has 2 saturated heterocycles. The molecule has 1 atom stereocenters. The van der Waals surface area contributed by atoms with Gasteiger partial charge in [-0.25, -0.2) is 0 Å². The van der Waals surface area contributed by atoms with Crippen molar-refractivity contribution in [3.8, 4) is 0 Å². The number of hydrogen-bond acceptors (Lipinski definition) is 4. The highest BCUT2D eigenvalue weighted by Crippen LogP contribution is 2.22. The van der Waals surface area contributed by atoms with E-state index in [2.05, 4.69) is 15.1 Å². The van der Waals surface area contributed by atoms with Crippen molar-refractivity contribution < 1.29 is 4.79 Å². The Hall–Kier alpha value is -1.56. The van der Waals surface area contributed by atoms with E-state index in [4.69, 9.17) is 5.73 Å². The third kappa shape index (κ3) is 1.96. The Balaban J connectivity index is 1.75. The molecule has 18 heavy (non-hydrogen) atoms. The highest BCUT2D eigenvalue weighted by molar-refractivity contribution is 5.98. The van der Waals surface area contributed by atoms with E-state index in [-0.39, 0.29) is 5.91 Å². The zero-order valence-electron chi connectivity index (χ0n) is 10.4. The predicted molar refractivity (Wildman–Crippen MR) is 68.1 cm³/mol. The monoisotopic (exact) mass is 249 g/mol. The smallest absolute Gasteiger partial charge is 0.259 e. The van der Waals surface area contributed by atoms with Crippen LogP contribution in [0.3, 0.4) is 0 Å². The molecule has 3 heterocycles. The van der Waals surface area contributed by atoms with Gasteiger partial charge in [0.25, 0.3) is 5.91 Å². The van der Waals surface area contributed by atoms with Crippen LogP contribution in [-0.4, -0.2) is 58.1 Å². The Labute approximate surface area is 106 Å². The Bertz CT molecular complexity index is 443. The molecule has 0 aromatic carbocycles. The third-order valence-corrected chi connectivity index (χ3v) is 3.99. The largest absolute Gasteiger partial charge is 0.383 e. The fourth-order valence-corrected chi connectivity index (χ4v) is 3.03. The van der Waals surface area contributed by atoms with Gasteiger partial charge in [0.2, 0.25) is 0 Å². The van der Waals surface area contributed by atoms with Crippen LogP contribution in [0.2, 0.25) is 0 Å². The molecule has 1 aromatic rings. The van der Waals surface area contributed by atoms with Crippen LogP contribution in [0.25, 0.3) is 0 Å². The van der Waals surface area contributed by atoms with E-state index in [9.17, 15) is 4.79 Å². The number of aromatic amines is 1. The number of nitrogens with two attached hydrogens (primary N) is 1. The van der Waals surface area contributed by atoms with Gasteiger partial charge in [-0.2, -0.15) is 5.10 Å². The van der Waals surface area contributed by atoms with Crippen LogP contribution in [0.4, 0.5) is 5.82 Å². The van der Waals surface area contributed by atoms with Gasteiger partial charge in [-0.3, -0.25) is 14.8 Å². The molecule has 2 fully saturated rings. The molecule has 1 aromatic heterocycles. The number of anilines is 1. The van der Waals surface area contributed by atoms with Crippen molar-refractivity contribution in [2.45, 2.75) is 25.3 Å². The maximum Gasteiger partial charge on any atom is 0.259 e. The van der Waals surface area contributed by atoms with Crippen molar-refractivity contribution in [2.75, 3.05) is 31.9 Å². The SMILES string of the molecule is Nc1[nH]ncc1C(=O)N1CCCN2CCCC2C1. The minimum Gasteiger partial charge on any atom is -0.383 e. The van der Waals surface area contributed by atoms with Crippen LogP contribution < -0.4 is 5.73 Å². The molecule has 3 N–H and O–H groups in total. The second-order valence-corrected chi connectivity index (χ2v) is 5.13. The molecule has 0 spiro atoms. The number of amides is 1. The molecular formula is C12H19N5O. The van der Waals surface area contributed by atoms with Gasteiger partial charge in [0.1, 0.15) is 11.4 Å². The Morgan fingerprint density at radius 2 is 2.22 bits per heavy atom. The first-order valence-corrected chi connectivity index (χ1v) is 6.58. The molecule has 2 aliphatic rings. The van der Waals surface area contributed by atoms with E-state index in [1.807, 2.05) is 4.90 Å². The summed E-state index contributed by atoms with van der Waals surface area (Å²) in [6.07, 6.45) is 5.01. The summed E-state index contributed by atoms with van der Waals surface area (Å²) in [6.45, 7) is 3.93. The minimum absolute atomic E-state index is 0.00926. The number of aromatic nitrogens is 2. The lowest BCUT2D eigenvalue weighted by molar-refractivity contribution is 0.0744. The van der Waals surface area contributed by atoms with Crippen LogP contribution in [0.1, 0.15) is 29.6 Å². The van der Waals surface area contributed by atoms with Crippen LogP contribution >= 0.6 is 0 Å². The molecule has 1 amide bonds. The zero-order chi connectivity index (χ0) is 12.5. The Morgan fingerprint density at radius 1 is 1.39 bits per heavy atom. The first-order chi connectivity index (χ1) is 8.75. The summed E-state index contributed by atoms with van der Waals surface area (Å²) in [5, 5.41) is 6.44. The van der Waals surface area contributed by atoms with Crippen molar-refractivity contribution in [1.29, 1.82) is 0 Å². The third-order valence-electron chi connectivity index (χ3n) is 3.99. The molecule has 6 nitrogen and oxygen atoms in total. The lowest BCUT2D eigenvalue weighted by Crippen LogP contribution is -2.39. The van der Waals surface area contributed by atoms with E-state index in [0.29, 0.717) is 17.4 Å². The lowest BCUT2D eigenvalue weighted by Gasteiger charge is -2.25. The number of fused-ring (bicyclic) bond motifs is 1. The van der Waals surface area contributed by atoms with E-state index in [0.717, 1.165) is 26.1 Å². The van der Waals surface area contributed by atoms with Gasteiger partial charge in [-0.15, -0.1) is 0 Å². The maximum atomic E-state index is 12.4. The molecule has 98 valence electrons. The van der Waals surface area contributed by atoms with Crippen molar-refractivity contribution in [3.63, 3.8) is 0 Å². The molecular weight excluding hydrogens is 230 g/mol. The van der Waals surface area contributed by atoms with E-state index in [1.165, 1.54) is 25.6 Å². The van der Waals surface area contributed by atoms with Crippen LogP contribution in [0.15, 0.2) is 6.20 Å². The first kappa shape index (κ1) is 11.5. The van der Waals surface area contributed by atoms with Gasteiger partial charge in [-0.05, 0) is 25.8 Å². The summed E-state index contributed by atoms with van der Waals surface area (Å²) < 4.78 is 0. The van der Waals surface area contributed by atoms with Gasteiger partial charge >= 0.3 is 0 Å². The van der Waals surface area contributed by atoms with Gasteiger partial charge in [0.05, 0.1) is 6.20 Å². The van der Waals surface area contributed by atoms with E-state index >= 15 is 0 Å². The van der Waals surface area contributed by atoms with Gasteiger partial charge in [0, 0.05) is 25.7 Å². The highest BCUT2D eigenvalue weighted by Gasteiger charge is 2.31. The average Bonchev–Trinajstić information content (AvgIpc) is 2.93. The molecule has 1 unspecified atom stereocenters. The number of carbonyl (C=O) groups excluding carboxylic acids is 1. The number of nitrogens with zero attached hydrogens (tertiary/aromatic N) is 3. The van der Waals surface area contributed by atoms with Gasteiger partial charge < -0.3 is 10.6 Å². The number of rotatable bonds is 1. The van der Waals surface area contributed by atoms with Crippen molar-refractivity contribution in [2.24, 2.45) is 0 Å². The number of H-pyrrole nitrogens is 1. The van der Waals surface area contributed by atoms with E-state index in [1.54, 1.807) is 0 Å². The highest BCUT2D eigenvalue weighted by atomic mass is 16.2. The molecule has 6 heteroatoms. The summed E-state index contributed by atoms with van der Waals surface area (Å²) in [5.41, 5.74) is 6.22. The van der Waals surface area contributed by atoms with E-state index < -0.39 is 0 Å². The number of carbonyl (C=O) groups is 1. The fourth-order valence-electron chi connectivity index (χ4n) is 3.03. The predicted octanol–water partition coefficient (Wildman–Crippen LogP) is 0.302. The number of hydrogen-bond donors (Lipinski definition) is 2. The summed E-state index contributed by atoms with van der Waals surface area (Å²) in [6, 6.07) is 0.532. The van der Waals surface area contributed by atoms with Crippen molar-refractivity contribution in [1.82, 2.24) is 20.0 Å². The van der Waals surface area contributed by atoms with Crippen molar-refractivity contribution >= 4 is 11.7 Å². The quantitative estimate of drug-likeness (QED) is 0.750. The summed E-state index contributed by atoms with van der Waals surface area (Å²) >= 11 is 0. The van der Waals surface area contributed by atoms with Crippen LogP contribution in [0, 0.1) is 0 Å². The standard InChI is InChI=1S/C12H19N5O/c13-11-10(7-14-15-11)12(18)17-6-2-5-16-4-1-3-9(16)8-17/h7,9H,1-6,8H2,(H3,13,14,15). The van der Waals surface area contributed by atoms with Gasteiger partial charge in [0.15, 0.2) is 0 Å². The minimum atomic E-state index is 0.00926.